The van der Waals surface area contributed by atoms with E-state index in [1.807, 2.05) is 0 Å². The Balaban J connectivity index is 3.97. The molecule has 2 N–H and O–H groups in total. The van der Waals surface area contributed by atoms with Crippen molar-refractivity contribution in [3.63, 3.8) is 0 Å². The molecule has 0 amide bonds. The molecule has 0 aromatic heterocycles. The van der Waals surface area contributed by atoms with Crippen molar-refractivity contribution in [2.45, 2.75) is 38.1 Å². The molecular formula is C15H32N2O4. The second-order valence-electron chi connectivity index (χ2n) is 5.55. The third kappa shape index (κ3) is 9.79. The summed E-state index contributed by atoms with van der Waals surface area (Å²) < 4.78 is 14.9. The number of hydrogen-bond donors (Lipinski definition) is 1. The molecule has 1 unspecified atom stereocenters. The summed E-state index contributed by atoms with van der Waals surface area (Å²) in [6.45, 7) is 6.10. The maximum Gasteiger partial charge on any atom is 0.325 e. The van der Waals surface area contributed by atoms with Crippen molar-refractivity contribution in [2.75, 3.05) is 54.2 Å². The maximum absolute atomic E-state index is 11.5. The van der Waals surface area contributed by atoms with E-state index in [1.54, 1.807) is 21.1 Å². The zero-order valence-corrected chi connectivity index (χ0v) is 14.0. The SMILES string of the molecule is COCCCN(CCCCC(C)(N)C(=O)OC)CCOC. The number of carbonyl (C=O) groups is 1. The van der Waals surface area contributed by atoms with Gasteiger partial charge >= 0.3 is 5.97 Å². The summed E-state index contributed by atoms with van der Waals surface area (Å²) in [4.78, 5) is 13.8. The van der Waals surface area contributed by atoms with Crippen LogP contribution in [0, 0.1) is 0 Å². The average Bonchev–Trinajstić information content (AvgIpc) is 2.47. The highest BCUT2D eigenvalue weighted by molar-refractivity contribution is 5.79. The normalized spacial score (nSPS) is 14.2. The first-order valence-corrected chi connectivity index (χ1v) is 7.55. The van der Waals surface area contributed by atoms with Crippen molar-refractivity contribution in [3.8, 4) is 0 Å². The monoisotopic (exact) mass is 304 g/mol. The summed E-state index contributed by atoms with van der Waals surface area (Å²) in [6, 6.07) is 0. The average molecular weight is 304 g/mol. The molecule has 0 rings (SSSR count). The zero-order chi connectivity index (χ0) is 16.1. The summed E-state index contributed by atoms with van der Waals surface area (Å²) in [7, 11) is 4.80. The van der Waals surface area contributed by atoms with E-state index in [1.165, 1.54) is 7.11 Å². The zero-order valence-electron chi connectivity index (χ0n) is 14.0. The van der Waals surface area contributed by atoms with Crippen molar-refractivity contribution in [1.29, 1.82) is 0 Å². The van der Waals surface area contributed by atoms with Gasteiger partial charge in [0.25, 0.3) is 0 Å². The Morgan fingerprint density at radius 3 is 2.19 bits per heavy atom. The second kappa shape index (κ2) is 11.9. The van der Waals surface area contributed by atoms with E-state index in [0.29, 0.717) is 6.42 Å². The van der Waals surface area contributed by atoms with Crippen LogP contribution in [0.3, 0.4) is 0 Å². The molecule has 0 bridgehead atoms. The lowest BCUT2D eigenvalue weighted by Gasteiger charge is -2.24. The van der Waals surface area contributed by atoms with Crippen LogP contribution in [0.2, 0.25) is 0 Å². The number of esters is 1. The lowest BCUT2D eigenvalue weighted by atomic mass is 9.96. The largest absolute Gasteiger partial charge is 0.468 e. The van der Waals surface area contributed by atoms with E-state index >= 15 is 0 Å². The molecule has 0 aliphatic rings. The van der Waals surface area contributed by atoms with Gasteiger partial charge in [-0.15, -0.1) is 0 Å². The third-order valence-electron chi connectivity index (χ3n) is 3.51. The van der Waals surface area contributed by atoms with Gasteiger partial charge in [0.1, 0.15) is 5.54 Å². The van der Waals surface area contributed by atoms with Crippen LogP contribution in [-0.4, -0.2) is 70.6 Å². The first-order chi connectivity index (χ1) is 9.97. The lowest BCUT2D eigenvalue weighted by Crippen LogP contribution is -2.45. The molecular weight excluding hydrogens is 272 g/mol. The van der Waals surface area contributed by atoms with Crippen molar-refractivity contribution in [1.82, 2.24) is 4.90 Å². The minimum absolute atomic E-state index is 0.348. The van der Waals surface area contributed by atoms with E-state index in [4.69, 9.17) is 19.9 Å². The first kappa shape index (κ1) is 20.3. The van der Waals surface area contributed by atoms with Gasteiger partial charge in [-0.3, -0.25) is 4.79 Å². The van der Waals surface area contributed by atoms with Crippen LogP contribution in [-0.2, 0) is 19.0 Å². The molecule has 0 heterocycles. The van der Waals surface area contributed by atoms with E-state index in [0.717, 1.165) is 52.1 Å². The molecule has 0 spiro atoms. The minimum atomic E-state index is -0.887. The van der Waals surface area contributed by atoms with Crippen LogP contribution in [0.5, 0.6) is 0 Å². The summed E-state index contributed by atoms with van der Waals surface area (Å²) in [5, 5.41) is 0. The molecule has 1 atom stereocenters. The summed E-state index contributed by atoms with van der Waals surface area (Å²) in [6.07, 6.45) is 3.54. The quantitative estimate of drug-likeness (QED) is 0.405. The molecule has 6 nitrogen and oxygen atoms in total. The van der Waals surface area contributed by atoms with Gasteiger partial charge in [0, 0.05) is 33.9 Å². The summed E-state index contributed by atoms with van der Waals surface area (Å²) in [5.41, 5.74) is 5.05. The molecule has 0 aromatic rings. The van der Waals surface area contributed by atoms with Gasteiger partial charge in [-0.2, -0.15) is 0 Å². The van der Waals surface area contributed by atoms with Crippen LogP contribution in [0.1, 0.15) is 32.6 Å². The number of nitrogens with two attached hydrogens (primary N) is 1. The summed E-state index contributed by atoms with van der Waals surface area (Å²) in [5.74, 6) is -0.348. The molecule has 0 aliphatic carbocycles. The molecule has 0 saturated heterocycles. The molecule has 0 aliphatic heterocycles. The fourth-order valence-corrected chi connectivity index (χ4v) is 2.15. The van der Waals surface area contributed by atoms with Crippen LogP contribution in [0.4, 0.5) is 0 Å². The van der Waals surface area contributed by atoms with E-state index in [9.17, 15) is 4.79 Å². The number of methoxy groups -OCH3 is 3. The van der Waals surface area contributed by atoms with Gasteiger partial charge in [0.2, 0.25) is 0 Å². The van der Waals surface area contributed by atoms with Crippen LogP contribution < -0.4 is 5.73 Å². The number of nitrogens with zero attached hydrogens (tertiary/aromatic N) is 1. The van der Waals surface area contributed by atoms with E-state index in [2.05, 4.69) is 4.90 Å². The standard InChI is InChI=1S/C15H32N2O4/c1-15(16,14(18)21-4)8-5-6-9-17(11-13-20-3)10-7-12-19-2/h5-13,16H2,1-4H3. The number of ether oxygens (including phenoxy) is 3. The van der Waals surface area contributed by atoms with Crippen molar-refractivity contribution in [3.05, 3.63) is 0 Å². The highest BCUT2D eigenvalue weighted by Crippen LogP contribution is 2.13. The number of unbranched alkanes of at least 4 members (excludes halogenated alkanes) is 1. The number of rotatable bonds is 13. The molecule has 0 fully saturated rings. The Kier molecular flexibility index (Phi) is 11.5. The van der Waals surface area contributed by atoms with E-state index in [-0.39, 0.29) is 5.97 Å². The first-order valence-electron chi connectivity index (χ1n) is 7.55. The van der Waals surface area contributed by atoms with Gasteiger partial charge in [-0.1, -0.05) is 0 Å². The van der Waals surface area contributed by atoms with Crippen molar-refractivity contribution in [2.24, 2.45) is 5.73 Å². The minimum Gasteiger partial charge on any atom is -0.468 e. The second-order valence-corrected chi connectivity index (χ2v) is 5.55. The van der Waals surface area contributed by atoms with Crippen LogP contribution >= 0.6 is 0 Å². The summed E-state index contributed by atoms with van der Waals surface area (Å²) >= 11 is 0. The predicted molar refractivity (Wildman–Crippen MR) is 83.3 cm³/mol. The molecule has 6 heteroatoms. The molecule has 0 saturated carbocycles. The Hall–Kier alpha value is -0.690. The molecule has 21 heavy (non-hydrogen) atoms. The smallest absolute Gasteiger partial charge is 0.325 e. The van der Waals surface area contributed by atoms with Crippen LogP contribution in [0.25, 0.3) is 0 Å². The third-order valence-corrected chi connectivity index (χ3v) is 3.51. The maximum atomic E-state index is 11.5. The Labute approximate surface area is 128 Å². The lowest BCUT2D eigenvalue weighted by molar-refractivity contribution is -0.146. The fraction of sp³-hybridized carbons (Fsp3) is 0.933. The van der Waals surface area contributed by atoms with Crippen molar-refractivity contribution >= 4 is 5.97 Å². The Morgan fingerprint density at radius 1 is 1.00 bits per heavy atom. The number of carbonyl (C=O) groups excluding carboxylic acids is 1. The Morgan fingerprint density at radius 2 is 1.62 bits per heavy atom. The highest BCUT2D eigenvalue weighted by Gasteiger charge is 2.28. The Bertz CT molecular complexity index is 272. The van der Waals surface area contributed by atoms with Crippen molar-refractivity contribution < 1.29 is 19.0 Å². The van der Waals surface area contributed by atoms with Crippen LogP contribution in [0.15, 0.2) is 0 Å². The fourth-order valence-electron chi connectivity index (χ4n) is 2.15. The van der Waals surface area contributed by atoms with E-state index < -0.39 is 5.54 Å². The molecule has 126 valence electrons. The van der Waals surface area contributed by atoms with Gasteiger partial charge in [0.05, 0.1) is 13.7 Å². The van der Waals surface area contributed by atoms with Gasteiger partial charge in [0.15, 0.2) is 0 Å². The van der Waals surface area contributed by atoms with Gasteiger partial charge in [-0.05, 0) is 39.2 Å². The highest BCUT2D eigenvalue weighted by atomic mass is 16.5. The molecule has 0 radical (unpaired) electrons. The van der Waals surface area contributed by atoms with Gasteiger partial charge in [-0.25, -0.2) is 0 Å². The van der Waals surface area contributed by atoms with Gasteiger partial charge < -0.3 is 24.8 Å². The predicted octanol–water partition coefficient (Wildman–Crippen LogP) is 1.03. The number of hydrogen-bond acceptors (Lipinski definition) is 6. The molecule has 0 aromatic carbocycles. The topological polar surface area (TPSA) is 74.0 Å².